The number of methoxy groups -OCH3 is 1. The van der Waals surface area contributed by atoms with E-state index < -0.39 is 0 Å². The predicted molar refractivity (Wildman–Crippen MR) is 102 cm³/mol. The molecule has 2 aromatic heterocycles. The van der Waals surface area contributed by atoms with E-state index in [9.17, 15) is 0 Å². The Morgan fingerprint density at radius 3 is 3.04 bits per heavy atom. The Morgan fingerprint density at radius 1 is 1.33 bits per heavy atom. The van der Waals surface area contributed by atoms with Crippen molar-refractivity contribution >= 4 is 0 Å². The van der Waals surface area contributed by atoms with Crippen LogP contribution in [0, 0.1) is 6.92 Å². The second-order valence-corrected chi connectivity index (χ2v) is 7.64. The Bertz CT molecular complexity index is 777. The molecule has 0 N–H and O–H groups in total. The van der Waals surface area contributed by atoms with Crippen LogP contribution in [0.1, 0.15) is 29.5 Å². The lowest BCUT2D eigenvalue weighted by Gasteiger charge is -2.53. The van der Waals surface area contributed by atoms with Crippen molar-refractivity contribution < 1.29 is 14.2 Å². The average molecular weight is 369 g/mol. The molecule has 4 rings (SSSR count). The lowest BCUT2D eigenvalue weighted by Crippen LogP contribution is -2.65. The van der Waals surface area contributed by atoms with Crippen LogP contribution >= 0.6 is 0 Å². The quantitative estimate of drug-likeness (QED) is 0.780. The van der Waals surface area contributed by atoms with Crippen LogP contribution in [0.15, 0.2) is 36.8 Å². The third kappa shape index (κ3) is 4.29. The Morgan fingerprint density at radius 2 is 2.22 bits per heavy atom. The molecule has 2 aliphatic rings. The highest BCUT2D eigenvalue weighted by Crippen LogP contribution is 2.36. The molecule has 0 amide bonds. The summed E-state index contributed by atoms with van der Waals surface area (Å²) in [5.41, 5.74) is 3.35. The molecule has 1 atom stereocenters. The van der Waals surface area contributed by atoms with E-state index in [4.69, 9.17) is 14.2 Å². The van der Waals surface area contributed by atoms with E-state index in [0.717, 1.165) is 50.2 Å². The SMILES string of the molecule is COc1ncccc1CN1CC2(C[C@@H](OCc3cncc(C)c3)CCO2)C1. The van der Waals surface area contributed by atoms with E-state index in [1.165, 1.54) is 5.56 Å². The third-order valence-electron chi connectivity index (χ3n) is 5.33. The molecule has 2 saturated heterocycles. The van der Waals surface area contributed by atoms with Gasteiger partial charge in [-0.2, -0.15) is 0 Å². The van der Waals surface area contributed by atoms with Gasteiger partial charge < -0.3 is 14.2 Å². The van der Waals surface area contributed by atoms with Crippen LogP contribution < -0.4 is 4.74 Å². The highest BCUT2D eigenvalue weighted by Gasteiger charge is 2.47. The maximum absolute atomic E-state index is 6.18. The van der Waals surface area contributed by atoms with E-state index >= 15 is 0 Å². The predicted octanol–water partition coefficient (Wildman–Crippen LogP) is 2.74. The number of hydrogen-bond acceptors (Lipinski definition) is 6. The number of hydrogen-bond donors (Lipinski definition) is 0. The van der Waals surface area contributed by atoms with Crippen molar-refractivity contribution in [2.24, 2.45) is 0 Å². The zero-order valence-corrected chi connectivity index (χ0v) is 16.1. The Labute approximate surface area is 160 Å². The van der Waals surface area contributed by atoms with Gasteiger partial charge in [-0.1, -0.05) is 12.1 Å². The summed E-state index contributed by atoms with van der Waals surface area (Å²) in [6, 6.07) is 6.16. The summed E-state index contributed by atoms with van der Waals surface area (Å²) in [6.45, 7) is 6.13. The first-order valence-corrected chi connectivity index (χ1v) is 9.52. The van der Waals surface area contributed by atoms with Gasteiger partial charge in [0.05, 0.1) is 25.4 Å². The molecule has 144 valence electrons. The topological polar surface area (TPSA) is 56.7 Å². The fourth-order valence-electron chi connectivity index (χ4n) is 4.11. The number of likely N-dealkylation sites (tertiary alicyclic amines) is 1. The summed E-state index contributed by atoms with van der Waals surface area (Å²) in [7, 11) is 1.67. The van der Waals surface area contributed by atoms with E-state index in [-0.39, 0.29) is 11.7 Å². The number of ether oxygens (including phenoxy) is 3. The molecule has 0 saturated carbocycles. The van der Waals surface area contributed by atoms with E-state index in [0.29, 0.717) is 12.5 Å². The van der Waals surface area contributed by atoms with Crippen LogP contribution in [0.3, 0.4) is 0 Å². The molecule has 4 heterocycles. The monoisotopic (exact) mass is 369 g/mol. The van der Waals surface area contributed by atoms with Gasteiger partial charge in [0.2, 0.25) is 5.88 Å². The zero-order valence-electron chi connectivity index (χ0n) is 16.1. The maximum atomic E-state index is 6.18. The van der Waals surface area contributed by atoms with Crippen LogP contribution in [0.2, 0.25) is 0 Å². The van der Waals surface area contributed by atoms with Crippen molar-refractivity contribution in [3.8, 4) is 5.88 Å². The summed E-state index contributed by atoms with van der Waals surface area (Å²) in [5, 5.41) is 0. The molecule has 6 nitrogen and oxygen atoms in total. The minimum absolute atomic E-state index is 0.0663. The second kappa shape index (κ2) is 7.92. The van der Waals surface area contributed by atoms with Crippen molar-refractivity contribution in [3.05, 3.63) is 53.5 Å². The molecular weight excluding hydrogens is 342 g/mol. The van der Waals surface area contributed by atoms with Gasteiger partial charge in [-0.15, -0.1) is 0 Å². The lowest BCUT2D eigenvalue weighted by molar-refractivity contribution is -0.200. The lowest BCUT2D eigenvalue weighted by atomic mass is 9.84. The van der Waals surface area contributed by atoms with Gasteiger partial charge in [0.1, 0.15) is 0 Å². The maximum Gasteiger partial charge on any atom is 0.217 e. The third-order valence-corrected chi connectivity index (χ3v) is 5.33. The summed E-state index contributed by atoms with van der Waals surface area (Å²) >= 11 is 0. The molecule has 2 fully saturated rings. The van der Waals surface area contributed by atoms with Crippen molar-refractivity contribution in [1.82, 2.24) is 14.9 Å². The van der Waals surface area contributed by atoms with Crippen molar-refractivity contribution in [2.75, 3.05) is 26.8 Å². The fourth-order valence-corrected chi connectivity index (χ4v) is 4.11. The molecular formula is C21H27N3O3. The first kappa shape index (κ1) is 18.3. The minimum Gasteiger partial charge on any atom is -0.481 e. The summed E-state index contributed by atoms with van der Waals surface area (Å²) in [6.07, 6.45) is 7.66. The molecule has 0 unspecified atom stereocenters. The van der Waals surface area contributed by atoms with Crippen molar-refractivity contribution in [2.45, 2.75) is 44.6 Å². The van der Waals surface area contributed by atoms with Gasteiger partial charge >= 0.3 is 0 Å². The number of nitrogens with zero attached hydrogens (tertiary/aromatic N) is 3. The van der Waals surface area contributed by atoms with E-state index in [2.05, 4.69) is 33.9 Å². The first-order valence-electron chi connectivity index (χ1n) is 9.52. The van der Waals surface area contributed by atoms with Crippen LogP contribution in [0.4, 0.5) is 0 Å². The largest absolute Gasteiger partial charge is 0.481 e. The van der Waals surface area contributed by atoms with Crippen LogP contribution in [-0.4, -0.2) is 53.4 Å². The fraction of sp³-hybridized carbons (Fsp3) is 0.524. The zero-order chi connectivity index (χ0) is 18.7. The molecule has 1 spiro atoms. The van der Waals surface area contributed by atoms with Gasteiger partial charge in [0.25, 0.3) is 0 Å². The highest BCUT2D eigenvalue weighted by molar-refractivity contribution is 5.26. The Balaban J connectivity index is 1.29. The molecule has 0 bridgehead atoms. The van der Waals surface area contributed by atoms with Gasteiger partial charge in [0, 0.05) is 56.8 Å². The number of aromatic nitrogens is 2. The standard InChI is InChI=1S/C21H27N3O3/c1-16-8-17(11-22-10-16)13-26-19-5-7-27-21(9-19)14-24(15-21)12-18-4-3-6-23-20(18)25-2/h3-4,6,8,10-11,19H,5,7,9,12-15H2,1-2H3/t19-/m0/s1. The summed E-state index contributed by atoms with van der Waals surface area (Å²) in [5.74, 6) is 0.705. The van der Waals surface area contributed by atoms with Crippen LogP contribution in [-0.2, 0) is 22.6 Å². The Kier molecular flexibility index (Phi) is 5.38. The first-order chi connectivity index (χ1) is 13.2. The Hall–Kier alpha value is -2.02. The number of rotatable bonds is 6. The normalized spacial score (nSPS) is 21.8. The summed E-state index contributed by atoms with van der Waals surface area (Å²) < 4.78 is 17.7. The molecule has 2 aromatic rings. The van der Waals surface area contributed by atoms with Gasteiger partial charge in [-0.25, -0.2) is 4.98 Å². The summed E-state index contributed by atoms with van der Waals surface area (Å²) in [4.78, 5) is 10.9. The molecule has 0 radical (unpaired) electrons. The number of pyridine rings is 2. The van der Waals surface area contributed by atoms with Gasteiger partial charge in [-0.3, -0.25) is 9.88 Å². The van der Waals surface area contributed by atoms with Crippen LogP contribution in [0.5, 0.6) is 5.88 Å². The average Bonchev–Trinajstić information content (AvgIpc) is 2.66. The molecule has 0 aromatic carbocycles. The molecule has 27 heavy (non-hydrogen) atoms. The minimum atomic E-state index is -0.0663. The smallest absolute Gasteiger partial charge is 0.217 e. The van der Waals surface area contributed by atoms with E-state index in [1.807, 2.05) is 18.5 Å². The van der Waals surface area contributed by atoms with Crippen LogP contribution in [0.25, 0.3) is 0 Å². The van der Waals surface area contributed by atoms with Crippen molar-refractivity contribution in [1.29, 1.82) is 0 Å². The second-order valence-electron chi connectivity index (χ2n) is 7.64. The highest BCUT2D eigenvalue weighted by atomic mass is 16.5. The number of aryl methyl sites for hydroxylation is 1. The van der Waals surface area contributed by atoms with E-state index in [1.54, 1.807) is 13.3 Å². The molecule has 6 heteroatoms. The molecule has 2 aliphatic heterocycles. The van der Waals surface area contributed by atoms with Gasteiger partial charge in [-0.05, 0) is 30.5 Å². The van der Waals surface area contributed by atoms with Crippen molar-refractivity contribution in [3.63, 3.8) is 0 Å². The van der Waals surface area contributed by atoms with Gasteiger partial charge in [0.15, 0.2) is 0 Å². The molecule has 0 aliphatic carbocycles.